The van der Waals surface area contributed by atoms with Crippen molar-refractivity contribution in [2.24, 2.45) is 0 Å². The normalized spacial score (nSPS) is 24.8. The molecule has 2 fully saturated rings. The zero-order valence-corrected chi connectivity index (χ0v) is 11.5. The average Bonchev–Trinajstić information content (AvgIpc) is 3.05. The number of rotatable bonds is 5. The van der Waals surface area contributed by atoms with E-state index in [0.717, 1.165) is 38.0 Å². The quantitative estimate of drug-likeness (QED) is 0.723. The van der Waals surface area contributed by atoms with Gasteiger partial charge in [-0.2, -0.15) is 0 Å². The first-order valence-corrected chi connectivity index (χ1v) is 7.07. The molecule has 0 spiro atoms. The maximum atomic E-state index is 5.08. The highest BCUT2D eigenvalue weighted by Crippen LogP contribution is 2.22. The molecule has 3 heterocycles. The molecule has 1 aromatic heterocycles. The molecule has 7 heteroatoms. The van der Waals surface area contributed by atoms with Gasteiger partial charge < -0.3 is 4.74 Å². The van der Waals surface area contributed by atoms with Gasteiger partial charge in [-0.1, -0.05) is 0 Å². The van der Waals surface area contributed by atoms with Crippen molar-refractivity contribution in [1.82, 2.24) is 30.0 Å². The Labute approximate surface area is 113 Å². The standard InChI is InChI=1S/C12H22N6O/c1-19-8-7-18-12(13-14-15-18)10-16-5-6-17-4-2-3-11(17)9-16/h11H,2-10H2,1H3/t11-/m1/s1. The first kappa shape index (κ1) is 13.0. The number of aromatic nitrogens is 4. The van der Waals surface area contributed by atoms with Crippen molar-refractivity contribution in [1.29, 1.82) is 0 Å². The topological polar surface area (TPSA) is 59.3 Å². The Kier molecular flexibility index (Phi) is 4.05. The highest BCUT2D eigenvalue weighted by Gasteiger charge is 2.30. The minimum Gasteiger partial charge on any atom is -0.383 e. The first-order valence-electron chi connectivity index (χ1n) is 7.07. The molecule has 0 N–H and O–H groups in total. The molecule has 7 nitrogen and oxygen atoms in total. The molecule has 0 bridgehead atoms. The van der Waals surface area contributed by atoms with Crippen LogP contribution in [-0.2, 0) is 17.8 Å². The van der Waals surface area contributed by atoms with Crippen LogP contribution in [0, 0.1) is 0 Å². The second-order valence-electron chi connectivity index (χ2n) is 5.38. The number of hydrogen-bond donors (Lipinski definition) is 0. The number of piperazine rings is 1. The van der Waals surface area contributed by atoms with Crippen LogP contribution in [0.15, 0.2) is 0 Å². The fraction of sp³-hybridized carbons (Fsp3) is 0.917. The zero-order valence-electron chi connectivity index (χ0n) is 11.5. The lowest BCUT2D eigenvalue weighted by Crippen LogP contribution is -2.49. The van der Waals surface area contributed by atoms with Crippen LogP contribution >= 0.6 is 0 Å². The summed E-state index contributed by atoms with van der Waals surface area (Å²) in [5.74, 6) is 0.948. The summed E-state index contributed by atoms with van der Waals surface area (Å²) >= 11 is 0. The molecule has 2 saturated heterocycles. The van der Waals surface area contributed by atoms with Gasteiger partial charge in [-0.15, -0.1) is 5.10 Å². The van der Waals surface area contributed by atoms with Gasteiger partial charge in [-0.05, 0) is 29.8 Å². The molecule has 106 valence electrons. The van der Waals surface area contributed by atoms with Crippen molar-refractivity contribution in [3.05, 3.63) is 5.82 Å². The van der Waals surface area contributed by atoms with Crippen LogP contribution in [0.25, 0.3) is 0 Å². The fourth-order valence-corrected chi connectivity index (χ4v) is 3.09. The molecule has 2 aliphatic rings. The highest BCUT2D eigenvalue weighted by molar-refractivity contribution is 4.90. The minimum absolute atomic E-state index is 0.647. The summed E-state index contributed by atoms with van der Waals surface area (Å²) in [4.78, 5) is 5.09. The van der Waals surface area contributed by atoms with E-state index >= 15 is 0 Å². The molecule has 0 radical (unpaired) electrons. The van der Waals surface area contributed by atoms with Crippen molar-refractivity contribution in [2.45, 2.75) is 32.0 Å². The number of nitrogens with zero attached hydrogens (tertiary/aromatic N) is 6. The Hall–Kier alpha value is -1.05. The van der Waals surface area contributed by atoms with Crippen molar-refractivity contribution >= 4 is 0 Å². The Morgan fingerprint density at radius 2 is 2.26 bits per heavy atom. The van der Waals surface area contributed by atoms with E-state index < -0.39 is 0 Å². The third kappa shape index (κ3) is 2.93. The third-order valence-corrected chi connectivity index (χ3v) is 4.15. The lowest BCUT2D eigenvalue weighted by Gasteiger charge is -2.37. The predicted molar refractivity (Wildman–Crippen MR) is 69.6 cm³/mol. The van der Waals surface area contributed by atoms with E-state index in [1.165, 1.54) is 25.9 Å². The van der Waals surface area contributed by atoms with E-state index in [1.807, 2.05) is 4.68 Å². The first-order chi connectivity index (χ1) is 9.36. The predicted octanol–water partition coefficient (Wildman–Crippen LogP) is -0.400. The van der Waals surface area contributed by atoms with Crippen LogP contribution in [0.4, 0.5) is 0 Å². The second-order valence-corrected chi connectivity index (χ2v) is 5.38. The number of fused-ring (bicyclic) bond motifs is 1. The Balaban J connectivity index is 1.57. The van der Waals surface area contributed by atoms with Gasteiger partial charge in [-0.3, -0.25) is 9.80 Å². The lowest BCUT2D eigenvalue weighted by atomic mass is 10.1. The molecule has 0 amide bonds. The Morgan fingerprint density at radius 1 is 1.32 bits per heavy atom. The molecular weight excluding hydrogens is 244 g/mol. The van der Waals surface area contributed by atoms with E-state index in [9.17, 15) is 0 Å². The molecular formula is C12H22N6O. The highest BCUT2D eigenvalue weighted by atomic mass is 16.5. The van der Waals surface area contributed by atoms with Crippen molar-refractivity contribution < 1.29 is 4.74 Å². The number of tetrazole rings is 1. The summed E-state index contributed by atoms with van der Waals surface area (Å²) in [6, 6.07) is 0.747. The Bertz CT molecular complexity index is 409. The molecule has 0 unspecified atom stereocenters. The second kappa shape index (κ2) is 5.94. The van der Waals surface area contributed by atoms with Crippen molar-refractivity contribution in [2.75, 3.05) is 39.9 Å². The lowest BCUT2D eigenvalue weighted by molar-refractivity contribution is 0.0954. The van der Waals surface area contributed by atoms with Gasteiger partial charge in [-0.25, -0.2) is 4.68 Å². The maximum Gasteiger partial charge on any atom is 0.165 e. The third-order valence-electron chi connectivity index (χ3n) is 4.15. The molecule has 19 heavy (non-hydrogen) atoms. The van der Waals surface area contributed by atoms with Crippen molar-refractivity contribution in [3.8, 4) is 0 Å². The van der Waals surface area contributed by atoms with Gasteiger partial charge in [0.05, 0.1) is 19.7 Å². The van der Waals surface area contributed by atoms with Crippen LogP contribution in [0.5, 0.6) is 0 Å². The van der Waals surface area contributed by atoms with E-state index in [0.29, 0.717) is 6.61 Å². The summed E-state index contributed by atoms with van der Waals surface area (Å²) in [6.07, 6.45) is 2.69. The summed E-state index contributed by atoms with van der Waals surface area (Å²) < 4.78 is 6.93. The Morgan fingerprint density at radius 3 is 3.16 bits per heavy atom. The van der Waals surface area contributed by atoms with E-state index in [1.54, 1.807) is 7.11 Å². The summed E-state index contributed by atoms with van der Waals surface area (Å²) in [6.45, 7) is 6.96. The number of ether oxygens (including phenoxy) is 1. The van der Waals surface area contributed by atoms with Gasteiger partial charge in [0.15, 0.2) is 5.82 Å². The maximum absolute atomic E-state index is 5.08. The largest absolute Gasteiger partial charge is 0.383 e. The molecule has 0 saturated carbocycles. The summed E-state index contributed by atoms with van der Waals surface area (Å²) in [5.41, 5.74) is 0. The molecule has 1 aromatic rings. The van der Waals surface area contributed by atoms with Crippen LogP contribution in [-0.4, -0.2) is 75.9 Å². The molecule has 2 aliphatic heterocycles. The van der Waals surface area contributed by atoms with Crippen molar-refractivity contribution in [3.63, 3.8) is 0 Å². The van der Waals surface area contributed by atoms with Crippen LogP contribution < -0.4 is 0 Å². The molecule has 1 atom stereocenters. The van der Waals surface area contributed by atoms with E-state index in [-0.39, 0.29) is 0 Å². The van der Waals surface area contributed by atoms with Gasteiger partial charge in [0.25, 0.3) is 0 Å². The summed E-state index contributed by atoms with van der Waals surface area (Å²) in [7, 11) is 1.70. The van der Waals surface area contributed by atoms with Gasteiger partial charge in [0.2, 0.25) is 0 Å². The monoisotopic (exact) mass is 266 g/mol. The SMILES string of the molecule is COCCn1nnnc1CN1CCN2CCC[C@@H]2C1. The minimum atomic E-state index is 0.647. The molecule has 0 aromatic carbocycles. The zero-order chi connectivity index (χ0) is 13.1. The van der Waals surface area contributed by atoms with Gasteiger partial charge in [0, 0.05) is 32.8 Å². The van der Waals surface area contributed by atoms with Gasteiger partial charge >= 0.3 is 0 Å². The number of methoxy groups -OCH3 is 1. The fourth-order valence-electron chi connectivity index (χ4n) is 3.09. The van der Waals surface area contributed by atoms with Gasteiger partial charge in [0.1, 0.15) is 0 Å². The van der Waals surface area contributed by atoms with Crippen LogP contribution in [0.1, 0.15) is 18.7 Å². The van der Waals surface area contributed by atoms with Crippen LogP contribution in [0.3, 0.4) is 0 Å². The molecule has 3 rings (SSSR count). The summed E-state index contributed by atoms with van der Waals surface area (Å²) in [5, 5.41) is 11.9. The number of hydrogen-bond acceptors (Lipinski definition) is 6. The van der Waals surface area contributed by atoms with E-state index in [2.05, 4.69) is 25.3 Å². The van der Waals surface area contributed by atoms with E-state index in [4.69, 9.17) is 4.74 Å². The molecule has 0 aliphatic carbocycles. The average molecular weight is 266 g/mol. The smallest absolute Gasteiger partial charge is 0.165 e. The van der Waals surface area contributed by atoms with Crippen LogP contribution in [0.2, 0.25) is 0 Å².